The number of benzene rings is 1. The highest BCUT2D eigenvalue weighted by Crippen LogP contribution is 2.46. The van der Waals surface area contributed by atoms with E-state index in [1.165, 1.54) is 32.1 Å². The molecule has 0 radical (unpaired) electrons. The van der Waals surface area contributed by atoms with Crippen molar-refractivity contribution in [3.63, 3.8) is 0 Å². The second kappa shape index (κ2) is 12.4. The van der Waals surface area contributed by atoms with E-state index >= 15 is 0 Å². The number of unbranched alkanes of at least 4 members (excludes halogenated alkanes) is 5. The second-order valence-corrected chi connectivity index (χ2v) is 11.0. The van der Waals surface area contributed by atoms with Gasteiger partial charge in [-0.2, -0.15) is 0 Å². The number of aromatic hydroxyl groups is 1. The molecule has 0 amide bonds. The van der Waals surface area contributed by atoms with Crippen molar-refractivity contribution < 1.29 is 19.3 Å². The van der Waals surface area contributed by atoms with Gasteiger partial charge in [-0.05, 0) is 12.5 Å². The van der Waals surface area contributed by atoms with Gasteiger partial charge in [0.1, 0.15) is 21.2 Å². The number of alkyl halides is 2. The highest BCUT2D eigenvalue weighted by Gasteiger charge is 2.27. The lowest BCUT2D eigenvalue weighted by Gasteiger charge is -2.22. The van der Waals surface area contributed by atoms with Crippen LogP contribution in [0.3, 0.4) is 0 Å². The van der Waals surface area contributed by atoms with E-state index in [-0.39, 0.29) is 3.23 Å². The Morgan fingerprint density at radius 2 is 1.56 bits per heavy atom. The molecule has 3 rings (SSSR count). The summed E-state index contributed by atoms with van der Waals surface area (Å²) in [5.41, 5.74) is 0.915. The Bertz CT molecular complexity index is 519. The van der Waals surface area contributed by atoms with Crippen molar-refractivity contribution in [3.8, 4) is 5.75 Å². The molecule has 0 saturated carbocycles. The smallest absolute Gasteiger partial charge is 0.121 e. The summed E-state index contributed by atoms with van der Waals surface area (Å²) in [6, 6.07) is 7.48. The predicted molar refractivity (Wildman–Crippen MR) is 116 cm³/mol. The van der Waals surface area contributed by atoms with Crippen LogP contribution in [0.25, 0.3) is 0 Å². The Hall–Kier alpha value is -0.140. The van der Waals surface area contributed by atoms with Crippen molar-refractivity contribution in [3.05, 3.63) is 29.8 Å². The molecule has 0 aromatic heterocycles. The summed E-state index contributed by atoms with van der Waals surface area (Å²) in [7, 11) is 0. The summed E-state index contributed by atoms with van der Waals surface area (Å²) in [6.45, 7) is 5.50. The first-order valence-corrected chi connectivity index (χ1v) is 11.6. The average molecular weight is 508 g/mol. The van der Waals surface area contributed by atoms with Crippen LogP contribution in [0.1, 0.15) is 57.4 Å². The van der Waals surface area contributed by atoms with E-state index < -0.39 is 0 Å². The van der Waals surface area contributed by atoms with Crippen LogP contribution in [0.2, 0.25) is 0 Å². The number of rotatable bonds is 12. The monoisotopic (exact) mass is 506 g/mol. The quantitative estimate of drug-likeness (QED) is 0.218. The predicted octanol–water partition coefficient (Wildman–Crippen LogP) is 5.89. The maximum Gasteiger partial charge on any atom is 0.121 e. The Kier molecular flexibility index (Phi) is 10.7. The van der Waals surface area contributed by atoms with E-state index in [1.54, 1.807) is 6.07 Å². The largest absolute Gasteiger partial charge is 0.508 e. The lowest BCUT2D eigenvalue weighted by atomic mass is 10.0. The molecule has 2 aliphatic rings. The molecule has 2 heterocycles. The van der Waals surface area contributed by atoms with Gasteiger partial charge in [0, 0.05) is 5.56 Å². The van der Waals surface area contributed by atoms with E-state index in [0.29, 0.717) is 18.0 Å². The molecule has 4 nitrogen and oxygen atoms in total. The Labute approximate surface area is 180 Å². The number of ether oxygens (including phenoxy) is 3. The van der Waals surface area contributed by atoms with Crippen molar-refractivity contribution >= 4 is 31.9 Å². The Balaban J connectivity index is 0.000000239. The highest BCUT2D eigenvalue weighted by molar-refractivity contribution is 9.24. The molecule has 2 saturated heterocycles. The first kappa shape index (κ1) is 23.1. The number of halogens is 2. The van der Waals surface area contributed by atoms with Gasteiger partial charge in [0.15, 0.2) is 0 Å². The first-order chi connectivity index (χ1) is 13.0. The first-order valence-electron chi connectivity index (χ1n) is 10.00. The van der Waals surface area contributed by atoms with E-state index in [2.05, 4.69) is 38.8 Å². The fourth-order valence-corrected chi connectivity index (χ4v) is 3.94. The summed E-state index contributed by atoms with van der Waals surface area (Å²) < 4.78 is 14.8. The lowest BCUT2D eigenvalue weighted by molar-refractivity contribution is 0.102. The van der Waals surface area contributed by atoms with E-state index in [0.717, 1.165) is 44.8 Å². The third-order valence-electron chi connectivity index (χ3n) is 4.55. The minimum absolute atomic E-state index is 0.296. The summed E-state index contributed by atoms with van der Waals surface area (Å²) in [5.74, 6) is 0.345. The fourth-order valence-electron chi connectivity index (χ4n) is 2.70. The Morgan fingerprint density at radius 1 is 1.00 bits per heavy atom. The van der Waals surface area contributed by atoms with E-state index in [1.807, 2.05) is 18.2 Å². The summed E-state index contributed by atoms with van der Waals surface area (Å²) >= 11 is 7.36. The van der Waals surface area contributed by atoms with Gasteiger partial charge < -0.3 is 19.3 Å². The molecule has 1 aromatic rings. The molecule has 27 heavy (non-hydrogen) atoms. The molecule has 2 fully saturated rings. The molecule has 1 N–H and O–H groups in total. The van der Waals surface area contributed by atoms with Gasteiger partial charge in [0.25, 0.3) is 0 Å². The van der Waals surface area contributed by atoms with Crippen molar-refractivity contribution in [1.82, 2.24) is 0 Å². The molecule has 2 unspecified atom stereocenters. The van der Waals surface area contributed by atoms with Crippen molar-refractivity contribution in [2.24, 2.45) is 0 Å². The Morgan fingerprint density at radius 3 is 2.11 bits per heavy atom. The van der Waals surface area contributed by atoms with E-state index in [9.17, 15) is 5.11 Å². The van der Waals surface area contributed by atoms with Crippen molar-refractivity contribution in [2.45, 2.75) is 67.3 Å². The molecule has 154 valence electrons. The molecule has 0 spiro atoms. The molecular formula is C21H32Br2O4. The zero-order valence-electron chi connectivity index (χ0n) is 16.2. The SMILES string of the molecule is C(OCC1CO1)C1CO1.CCCCCCCCC(Br)(Br)c1ccccc1O. The average Bonchev–Trinajstić information content (AvgIpc) is 3.54. The van der Waals surface area contributed by atoms with Crippen LogP contribution >= 0.6 is 31.9 Å². The molecule has 6 heteroatoms. The van der Waals surface area contributed by atoms with Gasteiger partial charge in [0.05, 0.1) is 26.4 Å². The van der Waals surface area contributed by atoms with Crippen LogP contribution in [0.4, 0.5) is 0 Å². The maximum absolute atomic E-state index is 9.86. The van der Waals surface area contributed by atoms with Gasteiger partial charge in [-0.3, -0.25) is 0 Å². The van der Waals surface area contributed by atoms with E-state index in [4.69, 9.17) is 14.2 Å². The number of phenols is 1. The third kappa shape index (κ3) is 10.3. The number of epoxide rings is 2. The molecule has 0 aliphatic carbocycles. The second-order valence-electron chi connectivity index (χ2n) is 7.19. The van der Waals surface area contributed by atoms with Crippen LogP contribution in [0, 0.1) is 0 Å². The van der Waals surface area contributed by atoms with Crippen LogP contribution in [0.15, 0.2) is 24.3 Å². The molecule has 2 aliphatic heterocycles. The zero-order chi connectivity index (χ0) is 19.5. The van der Waals surface area contributed by atoms with Crippen molar-refractivity contribution in [1.29, 1.82) is 0 Å². The van der Waals surface area contributed by atoms with Gasteiger partial charge in [-0.1, -0.05) is 95.5 Å². The number of hydrogen-bond acceptors (Lipinski definition) is 4. The topological polar surface area (TPSA) is 54.5 Å². The molecular weight excluding hydrogens is 476 g/mol. The van der Waals surface area contributed by atoms with Crippen LogP contribution in [0.5, 0.6) is 5.75 Å². The standard InChI is InChI=1S/C15H22Br2O.C6H10O3/c1-2-3-4-5-6-9-12-15(16,17)13-10-7-8-11-14(13)18;1(5-3-8-5)7-2-6-4-9-6/h7-8,10-11,18H,2-6,9,12H2,1H3;5-6H,1-4H2. The normalized spacial score (nSPS) is 20.7. The van der Waals surface area contributed by atoms with Gasteiger partial charge in [-0.25, -0.2) is 0 Å². The minimum Gasteiger partial charge on any atom is -0.508 e. The highest BCUT2D eigenvalue weighted by atomic mass is 79.9. The van der Waals surface area contributed by atoms with Crippen LogP contribution in [-0.4, -0.2) is 43.7 Å². The summed E-state index contributed by atoms with van der Waals surface area (Å²) in [5, 5.41) is 9.86. The van der Waals surface area contributed by atoms with Gasteiger partial charge in [-0.15, -0.1) is 0 Å². The maximum atomic E-state index is 9.86. The van der Waals surface area contributed by atoms with Crippen molar-refractivity contribution in [2.75, 3.05) is 26.4 Å². The summed E-state index contributed by atoms with van der Waals surface area (Å²) in [6.07, 6.45) is 9.46. The van der Waals surface area contributed by atoms with Crippen LogP contribution < -0.4 is 0 Å². The molecule has 1 aromatic carbocycles. The minimum atomic E-state index is -0.296. The fraction of sp³-hybridized carbons (Fsp3) is 0.714. The number of phenolic OH excluding ortho intramolecular Hbond substituents is 1. The molecule has 0 bridgehead atoms. The van der Waals surface area contributed by atoms with Gasteiger partial charge in [0.2, 0.25) is 0 Å². The van der Waals surface area contributed by atoms with Crippen LogP contribution in [-0.2, 0) is 17.4 Å². The number of hydrogen-bond donors (Lipinski definition) is 1. The van der Waals surface area contributed by atoms with Gasteiger partial charge >= 0.3 is 0 Å². The molecule has 2 atom stereocenters. The lowest BCUT2D eigenvalue weighted by Crippen LogP contribution is -2.08. The third-order valence-corrected chi connectivity index (χ3v) is 6.20. The zero-order valence-corrected chi connectivity index (χ0v) is 19.3. The summed E-state index contributed by atoms with van der Waals surface area (Å²) in [4.78, 5) is 0. The number of para-hydroxylation sites is 1.